The van der Waals surface area contributed by atoms with E-state index in [1.54, 1.807) is 30.1 Å². The summed E-state index contributed by atoms with van der Waals surface area (Å²) < 4.78 is 10.6. The average molecular weight is 306 g/mol. The Kier molecular flexibility index (Phi) is 5.25. The fourth-order valence-electron chi connectivity index (χ4n) is 2.77. The van der Waals surface area contributed by atoms with Crippen molar-refractivity contribution in [3.8, 4) is 11.5 Å². The molecule has 0 unspecified atom stereocenters. The topological polar surface area (TPSA) is 67.9 Å². The number of carbonyl (C=O) groups excluding carboxylic acids is 2. The van der Waals surface area contributed by atoms with E-state index in [1.165, 1.54) is 14.2 Å². The van der Waals surface area contributed by atoms with Crippen molar-refractivity contribution in [3.63, 3.8) is 0 Å². The number of hydrogen-bond donors (Lipinski definition) is 1. The van der Waals surface area contributed by atoms with Gasteiger partial charge in [0.05, 0.1) is 14.2 Å². The molecular formula is C16H22N2O4. The molecule has 0 radical (unpaired) electrons. The molecule has 1 aliphatic heterocycles. The van der Waals surface area contributed by atoms with Crippen molar-refractivity contribution in [3.05, 3.63) is 23.8 Å². The lowest BCUT2D eigenvalue weighted by molar-refractivity contribution is -0.125. The molecule has 0 atom stereocenters. The van der Waals surface area contributed by atoms with Gasteiger partial charge in [-0.1, -0.05) is 6.07 Å². The summed E-state index contributed by atoms with van der Waals surface area (Å²) in [5.41, 5.74) is 0.436. The van der Waals surface area contributed by atoms with Crippen LogP contribution in [0.25, 0.3) is 0 Å². The highest BCUT2D eigenvalue weighted by Crippen LogP contribution is 2.31. The van der Waals surface area contributed by atoms with E-state index < -0.39 is 0 Å². The van der Waals surface area contributed by atoms with Crippen LogP contribution in [0, 0.1) is 5.92 Å². The zero-order valence-corrected chi connectivity index (χ0v) is 13.2. The molecule has 0 bridgehead atoms. The van der Waals surface area contributed by atoms with E-state index in [2.05, 4.69) is 5.32 Å². The minimum atomic E-state index is -0.121. The van der Waals surface area contributed by atoms with Crippen LogP contribution in [0.1, 0.15) is 23.2 Å². The first-order valence-electron chi connectivity index (χ1n) is 7.34. The molecular weight excluding hydrogens is 284 g/mol. The number of carbonyl (C=O) groups is 2. The number of benzene rings is 1. The van der Waals surface area contributed by atoms with Crippen LogP contribution >= 0.6 is 0 Å². The Balaban J connectivity index is 2.15. The van der Waals surface area contributed by atoms with Crippen LogP contribution in [0.4, 0.5) is 0 Å². The van der Waals surface area contributed by atoms with Crippen molar-refractivity contribution in [1.82, 2.24) is 10.2 Å². The number of hydrogen-bond acceptors (Lipinski definition) is 4. The Bertz CT molecular complexity index is 529. The number of ether oxygens (including phenoxy) is 2. The molecule has 1 saturated heterocycles. The van der Waals surface area contributed by atoms with Crippen molar-refractivity contribution >= 4 is 11.8 Å². The molecule has 6 nitrogen and oxygen atoms in total. The van der Waals surface area contributed by atoms with Crippen molar-refractivity contribution in [2.45, 2.75) is 12.8 Å². The smallest absolute Gasteiger partial charge is 0.261 e. The Hall–Kier alpha value is -2.24. The van der Waals surface area contributed by atoms with E-state index in [1.807, 2.05) is 0 Å². The first-order chi connectivity index (χ1) is 10.6. The quantitative estimate of drug-likeness (QED) is 0.910. The monoisotopic (exact) mass is 306 g/mol. The van der Waals surface area contributed by atoms with Crippen LogP contribution in [0.5, 0.6) is 11.5 Å². The highest BCUT2D eigenvalue weighted by Gasteiger charge is 2.30. The molecule has 2 rings (SSSR count). The molecule has 0 aliphatic carbocycles. The highest BCUT2D eigenvalue weighted by molar-refractivity contribution is 5.99. The maximum atomic E-state index is 12.8. The number of nitrogens with one attached hydrogen (secondary N) is 1. The molecule has 120 valence electrons. The number of amides is 2. The fraction of sp³-hybridized carbons (Fsp3) is 0.500. The van der Waals surface area contributed by atoms with Gasteiger partial charge in [0.1, 0.15) is 17.1 Å². The summed E-state index contributed by atoms with van der Waals surface area (Å²) in [5, 5.41) is 2.66. The first-order valence-corrected chi connectivity index (χ1v) is 7.34. The standard InChI is InChI=1S/C16H22N2O4/c1-17-15(19)11-7-9-18(10-8-11)16(20)14-12(21-2)5-4-6-13(14)22-3/h4-6,11H,7-10H2,1-3H3,(H,17,19). The maximum Gasteiger partial charge on any atom is 0.261 e. The van der Waals surface area contributed by atoms with Gasteiger partial charge in [-0.2, -0.15) is 0 Å². The third-order valence-corrected chi connectivity index (χ3v) is 4.04. The lowest BCUT2D eigenvalue weighted by Crippen LogP contribution is -2.42. The summed E-state index contributed by atoms with van der Waals surface area (Å²) in [4.78, 5) is 26.2. The number of methoxy groups -OCH3 is 2. The molecule has 1 aliphatic rings. The van der Waals surface area contributed by atoms with Gasteiger partial charge in [-0.25, -0.2) is 0 Å². The molecule has 2 amide bonds. The Morgan fingerprint density at radius 1 is 1.14 bits per heavy atom. The van der Waals surface area contributed by atoms with E-state index in [4.69, 9.17) is 9.47 Å². The lowest BCUT2D eigenvalue weighted by Gasteiger charge is -2.31. The summed E-state index contributed by atoms with van der Waals surface area (Å²) >= 11 is 0. The number of piperidine rings is 1. The normalized spacial score (nSPS) is 15.3. The molecule has 1 aromatic rings. The minimum absolute atomic E-state index is 0.0198. The van der Waals surface area contributed by atoms with Crippen molar-refractivity contribution in [2.75, 3.05) is 34.4 Å². The van der Waals surface area contributed by atoms with E-state index in [-0.39, 0.29) is 17.7 Å². The summed E-state index contributed by atoms with van der Waals surface area (Å²) in [6.45, 7) is 1.11. The van der Waals surface area contributed by atoms with E-state index in [0.29, 0.717) is 43.0 Å². The zero-order chi connectivity index (χ0) is 16.1. The number of rotatable bonds is 4. The molecule has 0 spiro atoms. The zero-order valence-electron chi connectivity index (χ0n) is 13.2. The van der Waals surface area contributed by atoms with Crippen LogP contribution in [0.2, 0.25) is 0 Å². The first kappa shape index (κ1) is 16.1. The minimum Gasteiger partial charge on any atom is -0.496 e. The SMILES string of the molecule is CNC(=O)C1CCN(C(=O)c2c(OC)cccc2OC)CC1. The van der Waals surface area contributed by atoms with Gasteiger partial charge in [0.2, 0.25) is 5.91 Å². The predicted molar refractivity (Wildman–Crippen MR) is 82.2 cm³/mol. The van der Waals surface area contributed by atoms with Gasteiger partial charge < -0.3 is 19.7 Å². The largest absolute Gasteiger partial charge is 0.496 e. The maximum absolute atomic E-state index is 12.8. The summed E-state index contributed by atoms with van der Waals surface area (Å²) in [7, 11) is 4.70. The van der Waals surface area contributed by atoms with Crippen LogP contribution < -0.4 is 14.8 Å². The molecule has 6 heteroatoms. The molecule has 0 aromatic heterocycles. The summed E-state index contributed by atoms with van der Waals surface area (Å²) in [6.07, 6.45) is 1.34. The number of nitrogens with zero attached hydrogens (tertiary/aromatic N) is 1. The van der Waals surface area contributed by atoms with Crippen molar-refractivity contribution in [2.24, 2.45) is 5.92 Å². The van der Waals surface area contributed by atoms with Gasteiger partial charge >= 0.3 is 0 Å². The third-order valence-electron chi connectivity index (χ3n) is 4.04. The second-order valence-electron chi connectivity index (χ2n) is 5.22. The van der Waals surface area contributed by atoms with Gasteiger partial charge in [0.25, 0.3) is 5.91 Å². The molecule has 1 N–H and O–H groups in total. The highest BCUT2D eigenvalue weighted by atomic mass is 16.5. The Morgan fingerprint density at radius 2 is 1.68 bits per heavy atom. The molecule has 1 aromatic carbocycles. The van der Waals surface area contributed by atoms with E-state index in [9.17, 15) is 9.59 Å². The van der Waals surface area contributed by atoms with E-state index in [0.717, 1.165) is 0 Å². The average Bonchev–Trinajstić information content (AvgIpc) is 2.59. The molecule has 22 heavy (non-hydrogen) atoms. The number of likely N-dealkylation sites (tertiary alicyclic amines) is 1. The van der Waals surface area contributed by atoms with Crippen LogP contribution in [0.3, 0.4) is 0 Å². The van der Waals surface area contributed by atoms with Crippen molar-refractivity contribution in [1.29, 1.82) is 0 Å². The van der Waals surface area contributed by atoms with E-state index >= 15 is 0 Å². The van der Waals surface area contributed by atoms with Crippen LogP contribution in [0.15, 0.2) is 18.2 Å². The Morgan fingerprint density at radius 3 is 2.14 bits per heavy atom. The molecule has 1 heterocycles. The van der Waals surface area contributed by atoms with Gasteiger partial charge in [-0.05, 0) is 25.0 Å². The third kappa shape index (κ3) is 3.16. The van der Waals surface area contributed by atoms with Crippen LogP contribution in [-0.4, -0.2) is 51.1 Å². The second kappa shape index (κ2) is 7.15. The van der Waals surface area contributed by atoms with Gasteiger partial charge in [0.15, 0.2) is 0 Å². The Labute approximate surface area is 130 Å². The predicted octanol–water partition coefficient (Wildman–Crippen LogP) is 1.30. The molecule has 1 fully saturated rings. The lowest BCUT2D eigenvalue weighted by atomic mass is 9.95. The fourth-order valence-corrected chi connectivity index (χ4v) is 2.77. The molecule has 0 saturated carbocycles. The van der Waals surface area contributed by atoms with Crippen LogP contribution in [-0.2, 0) is 4.79 Å². The van der Waals surface area contributed by atoms with Gasteiger partial charge in [0, 0.05) is 26.1 Å². The van der Waals surface area contributed by atoms with Gasteiger partial charge in [-0.15, -0.1) is 0 Å². The second-order valence-corrected chi connectivity index (χ2v) is 5.22. The summed E-state index contributed by atoms with van der Waals surface area (Å²) in [5.74, 6) is 0.899. The van der Waals surface area contributed by atoms with Gasteiger partial charge in [-0.3, -0.25) is 9.59 Å². The van der Waals surface area contributed by atoms with Crippen molar-refractivity contribution < 1.29 is 19.1 Å². The summed E-state index contributed by atoms with van der Waals surface area (Å²) in [6, 6.07) is 5.27.